The zero-order valence-corrected chi connectivity index (χ0v) is 13.5. The summed E-state index contributed by atoms with van der Waals surface area (Å²) in [5, 5.41) is 0. The van der Waals surface area contributed by atoms with E-state index in [0.717, 1.165) is 0 Å². The summed E-state index contributed by atoms with van der Waals surface area (Å²) in [6.45, 7) is 0. The van der Waals surface area contributed by atoms with Crippen LogP contribution in [0.3, 0.4) is 0 Å². The van der Waals surface area contributed by atoms with Gasteiger partial charge in [0, 0.05) is 0 Å². The van der Waals surface area contributed by atoms with Crippen LogP contribution >= 0.6 is 7.82 Å². The SMILES string of the molecule is O.O.O.O=P([O-])([O-])[O-].[Na+].[Na+].[Na+]. The van der Waals surface area contributed by atoms with Gasteiger partial charge in [-0.05, 0) is 0 Å². The molecule has 0 radical (unpaired) electrons. The van der Waals surface area contributed by atoms with Gasteiger partial charge in [0.25, 0.3) is 0 Å². The van der Waals surface area contributed by atoms with E-state index in [1.165, 1.54) is 0 Å². The Morgan fingerprint density at radius 2 is 0.727 bits per heavy atom. The van der Waals surface area contributed by atoms with Crippen LogP contribution in [0.5, 0.6) is 0 Å². The summed E-state index contributed by atoms with van der Waals surface area (Å²) in [4.78, 5) is 25.6. The summed E-state index contributed by atoms with van der Waals surface area (Å²) in [7, 11) is -5.39. The fourth-order valence-corrected chi connectivity index (χ4v) is 0. The quantitative estimate of drug-likeness (QED) is 0.289. The molecule has 0 fully saturated rings. The van der Waals surface area contributed by atoms with Gasteiger partial charge in [-0.3, -0.25) is 0 Å². The van der Waals surface area contributed by atoms with Crippen LogP contribution in [0.15, 0.2) is 0 Å². The third-order valence-corrected chi connectivity index (χ3v) is 0. The van der Waals surface area contributed by atoms with Crippen molar-refractivity contribution in [1.29, 1.82) is 0 Å². The molecular formula is H6Na3O7P. The molecule has 11 heavy (non-hydrogen) atoms. The first-order valence-corrected chi connectivity index (χ1v) is 2.19. The summed E-state index contributed by atoms with van der Waals surface area (Å²) in [5.74, 6) is 0. The first-order valence-electron chi connectivity index (χ1n) is 0.730. The molecule has 0 aromatic heterocycles. The molecule has 6 N–H and O–H groups in total. The van der Waals surface area contributed by atoms with E-state index in [0.29, 0.717) is 0 Å². The van der Waals surface area contributed by atoms with Gasteiger partial charge in [0.1, 0.15) is 0 Å². The van der Waals surface area contributed by atoms with E-state index in [1.807, 2.05) is 0 Å². The normalized spacial score (nSPS) is 5.36. The van der Waals surface area contributed by atoms with E-state index in [4.69, 9.17) is 19.2 Å². The number of hydrogen-bond acceptors (Lipinski definition) is 4. The minimum atomic E-state index is -5.39. The molecule has 56 valence electrons. The van der Waals surface area contributed by atoms with Crippen LogP contribution in [0, 0.1) is 0 Å². The molecule has 0 aliphatic rings. The Morgan fingerprint density at radius 1 is 0.727 bits per heavy atom. The van der Waals surface area contributed by atoms with Crippen molar-refractivity contribution in [3.8, 4) is 0 Å². The van der Waals surface area contributed by atoms with Gasteiger partial charge in [-0.15, -0.1) is 0 Å². The van der Waals surface area contributed by atoms with Crippen molar-refractivity contribution >= 4 is 7.82 Å². The van der Waals surface area contributed by atoms with Crippen molar-refractivity contribution in [1.82, 2.24) is 0 Å². The van der Waals surface area contributed by atoms with Gasteiger partial charge in [-0.2, -0.15) is 7.82 Å². The van der Waals surface area contributed by atoms with Gasteiger partial charge in [-0.25, -0.2) is 0 Å². The number of phosphoric acid groups is 1. The summed E-state index contributed by atoms with van der Waals surface area (Å²) in [6.07, 6.45) is 0. The Labute approximate surface area is 130 Å². The predicted molar refractivity (Wildman–Crippen MR) is 18.4 cm³/mol. The minimum Gasteiger partial charge on any atom is -0.822 e. The Kier molecular flexibility index (Phi) is 101. The molecule has 0 aromatic carbocycles. The molecule has 0 aromatic rings. The van der Waals surface area contributed by atoms with Crippen molar-refractivity contribution in [2.75, 3.05) is 0 Å². The largest absolute Gasteiger partial charge is 1.00 e. The molecule has 0 aliphatic heterocycles. The summed E-state index contributed by atoms with van der Waals surface area (Å²) < 4.78 is 8.55. The zero-order valence-electron chi connectivity index (χ0n) is 6.58. The third kappa shape index (κ3) is 175. The first kappa shape index (κ1) is 48.3. The fourth-order valence-electron chi connectivity index (χ4n) is 0. The Hall–Kier alpha value is 2.99. The summed E-state index contributed by atoms with van der Waals surface area (Å²) >= 11 is 0. The van der Waals surface area contributed by atoms with Crippen LogP contribution < -0.4 is 103 Å². The summed E-state index contributed by atoms with van der Waals surface area (Å²) in [5.41, 5.74) is 0. The van der Waals surface area contributed by atoms with Gasteiger partial charge >= 0.3 is 88.7 Å². The maximum Gasteiger partial charge on any atom is 1.00 e. The van der Waals surface area contributed by atoms with E-state index in [1.54, 1.807) is 0 Å². The van der Waals surface area contributed by atoms with E-state index >= 15 is 0 Å². The Morgan fingerprint density at radius 3 is 0.727 bits per heavy atom. The van der Waals surface area contributed by atoms with E-state index < -0.39 is 7.82 Å². The van der Waals surface area contributed by atoms with Crippen LogP contribution in [0.1, 0.15) is 0 Å². The van der Waals surface area contributed by atoms with Crippen LogP contribution in [0.4, 0.5) is 0 Å². The zero-order chi connectivity index (χ0) is 4.50. The standard InChI is InChI=1S/3Na.H3O4P.3H2O/c;;;1-5(2,3)4;;;/h;;;(H3,1,2,3,4);3*1H2/q3*+1;;;;/p-3. The monoisotopic (exact) mass is 218 g/mol. The molecule has 0 bridgehead atoms. The molecule has 11 heteroatoms. The van der Waals surface area contributed by atoms with Gasteiger partial charge in [0.2, 0.25) is 0 Å². The summed E-state index contributed by atoms with van der Waals surface area (Å²) in [6, 6.07) is 0. The van der Waals surface area contributed by atoms with Gasteiger partial charge < -0.3 is 35.7 Å². The molecule has 0 aliphatic carbocycles. The van der Waals surface area contributed by atoms with Crippen LogP contribution in [0.2, 0.25) is 0 Å². The van der Waals surface area contributed by atoms with Gasteiger partial charge in [-0.1, -0.05) is 0 Å². The van der Waals surface area contributed by atoms with Gasteiger partial charge in [0.15, 0.2) is 0 Å². The average Bonchev–Trinajstić information content (AvgIpc) is 0.722. The number of hydrogen-bond donors (Lipinski definition) is 0. The molecule has 0 amide bonds. The predicted octanol–water partition coefficient (Wildman–Crippen LogP) is -14.3. The average molecular weight is 218 g/mol. The second-order valence-corrected chi connectivity index (χ2v) is 1.34. The van der Waals surface area contributed by atoms with Crippen molar-refractivity contribution in [3.05, 3.63) is 0 Å². The second kappa shape index (κ2) is 23.1. The van der Waals surface area contributed by atoms with Crippen molar-refractivity contribution in [3.63, 3.8) is 0 Å². The maximum absolute atomic E-state index is 8.55. The topological polar surface area (TPSA) is 181 Å². The smallest absolute Gasteiger partial charge is 0.822 e. The van der Waals surface area contributed by atoms with Crippen LogP contribution in [-0.4, -0.2) is 16.4 Å². The van der Waals surface area contributed by atoms with Crippen molar-refractivity contribution < 1.29 is 124 Å². The molecule has 0 heterocycles. The Bertz CT molecular complexity index is 59.8. The van der Waals surface area contributed by atoms with Crippen molar-refractivity contribution in [2.24, 2.45) is 0 Å². The molecule has 0 rings (SSSR count). The molecule has 0 saturated heterocycles. The van der Waals surface area contributed by atoms with E-state index in [9.17, 15) is 0 Å². The second-order valence-electron chi connectivity index (χ2n) is 0.447. The molecule has 0 spiro atoms. The molecule has 0 atom stereocenters. The van der Waals surface area contributed by atoms with E-state index in [-0.39, 0.29) is 105 Å². The maximum atomic E-state index is 8.55. The van der Waals surface area contributed by atoms with E-state index in [2.05, 4.69) is 0 Å². The van der Waals surface area contributed by atoms with Crippen LogP contribution in [-0.2, 0) is 4.57 Å². The minimum absolute atomic E-state index is 0. The Balaban J connectivity index is -0.00000000533. The molecule has 0 unspecified atom stereocenters. The van der Waals surface area contributed by atoms with Gasteiger partial charge in [0.05, 0.1) is 0 Å². The third-order valence-electron chi connectivity index (χ3n) is 0. The fraction of sp³-hybridized carbons (Fsp3) is 0. The molecular weight excluding hydrogens is 212 g/mol. The first-order chi connectivity index (χ1) is 2.00. The van der Waals surface area contributed by atoms with Crippen molar-refractivity contribution in [2.45, 2.75) is 0 Å². The van der Waals surface area contributed by atoms with Crippen LogP contribution in [0.25, 0.3) is 0 Å². The molecule has 7 nitrogen and oxygen atoms in total. The number of rotatable bonds is 0. The molecule has 0 saturated carbocycles.